The molecule has 0 radical (unpaired) electrons. The summed E-state index contributed by atoms with van der Waals surface area (Å²) < 4.78 is 13.6. The van der Waals surface area contributed by atoms with Crippen LogP contribution in [-0.2, 0) is 6.54 Å². The summed E-state index contributed by atoms with van der Waals surface area (Å²) in [7, 11) is 1.86. The van der Waals surface area contributed by atoms with Crippen molar-refractivity contribution < 1.29 is 4.39 Å². The van der Waals surface area contributed by atoms with E-state index in [0.717, 1.165) is 5.69 Å². The van der Waals surface area contributed by atoms with Gasteiger partial charge in [-0.3, -0.25) is 0 Å². The Morgan fingerprint density at radius 2 is 1.89 bits per heavy atom. The van der Waals surface area contributed by atoms with E-state index in [1.165, 1.54) is 6.07 Å². The number of benzene rings is 2. The number of nitrogens with zero attached hydrogens (tertiary/aromatic N) is 1. The van der Waals surface area contributed by atoms with Gasteiger partial charge in [-0.2, -0.15) is 0 Å². The molecule has 2 nitrogen and oxygen atoms in total. The zero-order valence-corrected chi connectivity index (χ0v) is 10.8. The highest BCUT2D eigenvalue weighted by Crippen LogP contribution is 2.30. The molecule has 0 aromatic heterocycles. The lowest BCUT2D eigenvalue weighted by atomic mass is 10.2. The molecule has 18 heavy (non-hydrogen) atoms. The van der Waals surface area contributed by atoms with E-state index in [4.69, 9.17) is 17.3 Å². The molecule has 0 fully saturated rings. The lowest BCUT2D eigenvalue weighted by Crippen LogP contribution is -2.18. The first kappa shape index (κ1) is 12.7. The highest BCUT2D eigenvalue weighted by atomic mass is 35.5. The van der Waals surface area contributed by atoms with E-state index in [0.29, 0.717) is 22.8 Å². The van der Waals surface area contributed by atoms with Crippen LogP contribution in [0.5, 0.6) is 0 Å². The predicted molar refractivity (Wildman–Crippen MR) is 74.4 cm³/mol. The smallest absolute Gasteiger partial charge is 0.128 e. The van der Waals surface area contributed by atoms with E-state index in [1.807, 2.05) is 30.1 Å². The van der Waals surface area contributed by atoms with E-state index in [-0.39, 0.29) is 5.82 Å². The van der Waals surface area contributed by atoms with Crippen LogP contribution in [0.4, 0.5) is 15.8 Å². The van der Waals surface area contributed by atoms with Crippen LogP contribution < -0.4 is 10.6 Å². The van der Waals surface area contributed by atoms with Gasteiger partial charge in [0.25, 0.3) is 0 Å². The molecule has 2 rings (SSSR count). The summed E-state index contributed by atoms with van der Waals surface area (Å²) in [5.74, 6) is -0.218. The summed E-state index contributed by atoms with van der Waals surface area (Å²) in [4.78, 5) is 1.87. The maximum Gasteiger partial charge on any atom is 0.128 e. The van der Waals surface area contributed by atoms with Gasteiger partial charge in [0.1, 0.15) is 5.82 Å². The van der Waals surface area contributed by atoms with Gasteiger partial charge < -0.3 is 10.6 Å². The first-order valence-corrected chi connectivity index (χ1v) is 5.96. The summed E-state index contributed by atoms with van der Waals surface area (Å²) in [6.07, 6.45) is 0. The van der Waals surface area contributed by atoms with Crippen LogP contribution in [0.2, 0.25) is 5.02 Å². The third-order valence-electron chi connectivity index (χ3n) is 2.81. The Balaban J connectivity index is 2.25. The van der Waals surface area contributed by atoms with Crippen LogP contribution in [0, 0.1) is 5.82 Å². The van der Waals surface area contributed by atoms with Crippen LogP contribution >= 0.6 is 11.6 Å². The topological polar surface area (TPSA) is 29.3 Å². The Kier molecular flexibility index (Phi) is 3.72. The van der Waals surface area contributed by atoms with E-state index < -0.39 is 0 Å². The van der Waals surface area contributed by atoms with Crippen molar-refractivity contribution in [3.63, 3.8) is 0 Å². The minimum atomic E-state index is -0.218. The van der Waals surface area contributed by atoms with Crippen molar-refractivity contribution in [2.45, 2.75) is 6.54 Å². The molecular formula is C14H14ClFN2. The van der Waals surface area contributed by atoms with Crippen LogP contribution in [0.15, 0.2) is 42.5 Å². The first-order valence-electron chi connectivity index (χ1n) is 5.58. The lowest BCUT2D eigenvalue weighted by Gasteiger charge is -2.21. The maximum atomic E-state index is 13.6. The van der Waals surface area contributed by atoms with E-state index >= 15 is 0 Å². The van der Waals surface area contributed by atoms with Gasteiger partial charge in [-0.05, 0) is 18.2 Å². The summed E-state index contributed by atoms with van der Waals surface area (Å²) in [6, 6.07) is 12.1. The van der Waals surface area contributed by atoms with Gasteiger partial charge in [0, 0.05) is 19.2 Å². The van der Waals surface area contributed by atoms with Crippen molar-refractivity contribution in [3.8, 4) is 0 Å². The third kappa shape index (κ3) is 2.57. The van der Waals surface area contributed by atoms with Gasteiger partial charge in [0.2, 0.25) is 0 Å². The Morgan fingerprint density at radius 3 is 2.61 bits per heavy atom. The molecule has 0 aliphatic rings. The first-order chi connectivity index (χ1) is 8.59. The molecule has 2 aromatic carbocycles. The third-order valence-corrected chi connectivity index (χ3v) is 3.14. The minimum Gasteiger partial charge on any atom is -0.396 e. The molecule has 0 spiro atoms. The lowest BCUT2D eigenvalue weighted by molar-refractivity contribution is 0.608. The van der Waals surface area contributed by atoms with Gasteiger partial charge >= 0.3 is 0 Å². The standard InChI is InChI=1S/C14H14ClFN2/c1-18(9-10-5-2-3-7-12(10)16)13-8-4-6-11(15)14(13)17/h2-8H,9,17H2,1H3. The number of rotatable bonds is 3. The number of halogens is 2. The summed E-state index contributed by atoms with van der Waals surface area (Å²) in [5.41, 5.74) is 7.84. The van der Waals surface area contributed by atoms with Crippen LogP contribution in [0.3, 0.4) is 0 Å². The number of hydrogen-bond donors (Lipinski definition) is 1. The molecule has 2 N–H and O–H groups in total. The second kappa shape index (κ2) is 5.27. The quantitative estimate of drug-likeness (QED) is 0.857. The van der Waals surface area contributed by atoms with Crippen molar-refractivity contribution >= 4 is 23.0 Å². The van der Waals surface area contributed by atoms with Gasteiger partial charge in [-0.25, -0.2) is 4.39 Å². The molecule has 0 aliphatic heterocycles. The van der Waals surface area contributed by atoms with Crippen LogP contribution in [0.1, 0.15) is 5.56 Å². The molecule has 0 amide bonds. The second-order valence-corrected chi connectivity index (χ2v) is 4.53. The van der Waals surface area contributed by atoms with Gasteiger partial charge in [-0.1, -0.05) is 35.9 Å². The number of hydrogen-bond acceptors (Lipinski definition) is 2. The summed E-state index contributed by atoms with van der Waals surface area (Å²) >= 11 is 5.97. The van der Waals surface area contributed by atoms with Crippen LogP contribution in [-0.4, -0.2) is 7.05 Å². The molecule has 0 unspecified atom stereocenters. The number of nitrogens with two attached hydrogens (primary N) is 1. The zero-order valence-electron chi connectivity index (χ0n) is 10.0. The minimum absolute atomic E-state index is 0.218. The highest BCUT2D eigenvalue weighted by Gasteiger charge is 2.10. The predicted octanol–water partition coefficient (Wildman–Crippen LogP) is 3.70. The molecule has 2 aromatic rings. The fourth-order valence-corrected chi connectivity index (χ4v) is 2.00. The monoisotopic (exact) mass is 264 g/mol. The number of para-hydroxylation sites is 1. The Morgan fingerprint density at radius 1 is 1.17 bits per heavy atom. The molecule has 94 valence electrons. The molecular weight excluding hydrogens is 251 g/mol. The maximum absolute atomic E-state index is 13.6. The molecule has 0 saturated heterocycles. The normalized spacial score (nSPS) is 10.4. The van der Waals surface area contributed by atoms with Crippen molar-refractivity contribution in [2.24, 2.45) is 0 Å². The van der Waals surface area contributed by atoms with Gasteiger partial charge in [0.15, 0.2) is 0 Å². The molecule has 4 heteroatoms. The Bertz CT molecular complexity index is 557. The fourth-order valence-electron chi connectivity index (χ4n) is 1.83. The highest BCUT2D eigenvalue weighted by molar-refractivity contribution is 6.33. The van der Waals surface area contributed by atoms with E-state index in [1.54, 1.807) is 18.2 Å². The molecule has 0 heterocycles. The van der Waals surface area contributed by atoms with Crippen molar-refractivity contribution in [1.29, 1.82) is 0 Å². The molecule has 0 saturated carbocycles. The molecule has 0 aliphatic carbocycles. The average molecular weight is 265 g/mol. The number of nitrogen functional groups attached to an aromatic ring is 1. The summed E-state index contributed by atoms with van der Waals surface area (Å²) in [6.45, 7) is 0.442. The van der Waals surface area contributed by atoms with Crippen molar-refractivity contribution in [1.82, 2.24) is 0 Å². The zero-order chi connectivity index (χ0) is 13.1. The van der Waals surface area contributed by atoms with Crippen molar-refractivity contribution in [2.75, 3.05) is 17.7 Å². The van der Waals surface area contributed by atoms with E-state index in [2.05, 4.69) is 0 Å². The number of anilines is 2. The summed E-state index contributed by atoms with van der Waals surface area (Å²) in [5, 5.41) is 0.507. The Labute approximate surface area is 111 Å². The average Bonchev–Trinajstić information content (AvgIpc) is 2.35. The van der Waals surface area contributed by atoms with Crippen molar-refractivity contribution in [3.05, 3.63) is 58.9 Å². The van der Waals surface area contributed by atoms with E-state index in [9.17, 15) is 4.39 Å². The van der Waals surface area contributed by atoms with Gasteiger partial charge in [0.05, 0.1) is 16.4 Å². The Hall–Kier alpha value is -1.74. The van der Waals surface area contributed by atoms with Crippen LogP contribution in [0.25, 0.3) is 0 Å². The van der Waals surface area contributed by atoms with Gasteiger partial charge in [-0.15, -0.1) is 0 Å². The largest absolute Gasteiger partial charge is 0.396 e. The molecule has 0 atom stereocenters. The molecule has 0 bridgehead atoms. The fraction of sp³-hybridized carbons (Fsp3) is 0.143. The second-order valence-electron chi connectivity index (χ2n) is 4.12. The SMILES string of the molecule is CN(Cc1ccccc1F)c1cccc(Cl)c1N.